The summed E-state index contributed by atoms with van der Waals surface area (Å²) in [5.74, 6) is -4.47. The molecule has 34 atom stereocenters. The Morgan fingerprint density at radius 3 is 1.71 bits per heavy atom. The number of aliphatic carboxylic acids is 1. The van der Waals surface area contributed by atoms with E-state index in [4.69, 9.17) is 61.6 Å². The smallest absolute Gasteiger partial charge is 0.335 e. The highest BCUT2D eigenvalue weighted by Gasteiger charge is 2.71. The Labute approximate surface area is 549 Å². The van der Waals surface area contributed by atoms with Crippen molar-refractivity contribution in [3.63, 3.8) is 0 Å². The van der Waals surface area contributed by atoms with Crippen LogP contribution in [-0.2, 0) is 80.8 Å². The maximum Gasteiger partial charge on any atom is 0.335 e. The van der Waals surface area contributed by atoms with Crippen LogP contribution in [0.2, 0.25) is 0 Å². The first-order chi connectivity index (χ1) is 44.5. The van der Waals surface area contributed by atoms with Gasteiger partial charge in [-0.05, 0) is 90.8 Å². The van der Waals surface area contributed by atoms with E-state index < -0.39 is 237 Å². The molecule has 0 amide bonds. The molecule has 5 heterocycles. The fourth-order valence-electron chi connectivity index (χ4n) is 18.6. The molecule has 0 aromatic heterocycles. The minimum Gasteiger partial charge on any atom is -0.479 e. The Bertz CT molecular complexity index is 2770. The van der Waals surface area contributed by atoms with Gasteiger partial charge in [-0.15, -0.1) is 0 Å². The summed E-state index contributed by atoms with van der Waals surface area (Å²) in [6, 6.07) is 0. The first kappa shape index (κ1) is 74.4. The highest BCUT2D eigenvalue weighted by Crippen LogP contribution is 2.76. The van der Waals surface area contributed by atoms with Gasteiger partial charge in [0.25, 0.3) is 0 Å². The predicted octanol–water partition coefficient (Wildman–Crippen LogP) is -2.71. The zero-order valence-electron chi connectivity index (χ0n) is 55.2. The number of allylic oxidation sites excluding steroid dienone is 2. The number of aliphatic hydroxyl groups is 13. The van der Waals surface area contributed by atoms with Crippen LogP contribution in [0, 0.1) is 50.2 Å². The van der Waals surface area contributed by atoms with Crippen molar-refractivity contribution < 1.29 is 152 Å². The molecule has 0 radical (unpaired) electrons. The maximum atomic E-state index is 12.7. The van der Waals surface area contributed by atoms with Crippen LogP contribution in [0.3, 0.4) is 0 Å². The van der Waals surface area contributed by atoms with E-state index in [0.717, 1.165) is 20.8 Å². The van der Waals surface area contributed by atoms with E-state index >= 15 is 0 Å². The second-order valence-electron chi connectivity index (χ2n) is 30.1. The third-order valence-electron chi connectivity index (χ3n) is 24.1. The summed E-state index contributed by atoms with van der Waals surface area (Å²) in [7, 11) is 0. The van der Waals surface area contributed by atoms with E-state index in [9.17, 15) is 90.7 Å². The Balaban J connectivity index is 0.887. The van der Waals surface area contributed by atoms with Crippen molar-refractivity contribution in [3.05, 3.63) is 11.6 Å². The van der Waals surface area contributed by atoms with Gasteiger partial charge in [-0.1, -0.05) is 60.1 Å². The monoisotopic (exact) mass is 1360 g/mol. The van der Waals surface area contributed by atoms with E-state index in [2.05, 4.69) is 33.8 Å². The van der Waals surface area contributed by atoms with Crippen molar-refractivity contribution >= 4 is 23.9 Å². The van der Waals surface area contributed by atoms with Crippen LogP contribution in [-0.4, -0.2) is 288 Å². The molecule has 542 valence electrons. The lowest BCUT2D eigenvalue weighted by atomic mass is 9.33. The van der Waals surface area contributed by atoms with Gasteiger partial charge < -0.3 is 133 Å². The second-order valence-corrected chi connectivity index (χ2v) is 30.1. The Hall–Kier alpha value is -3.30. The van der Waals surface area contributed by atoms with Crippen molar-refractivity contribution in [2.75, 3.05) is 33.0 Å². The normalized spacial score (nSPS) is 51.3. The third-order valence-corrected chi connectivity index (χ3v) is 24.1. The molecule has 10 aliphatic rings. The number of ether oxygens (including phenoxy) is 13. The fraction of sp³-hybridized carbons (Fsp3) is 0.906. The second kappa shape index (κ2) is 27.9. The maximum absolute atomic E-state index is 12.7. The highest BCUT2D eigenvalue weighted by molar-refractivity contribution is 5.73. The van der Waals surface area contributed by atoms with E-state index in [1.165, 1.54) is 5.57 Å². The lowest BCUT2D eigenvalue weighted by Crippen LogP contribution is -2.69. The molecule has 31 heteroatoms. The van der Waals surface area contributed by atoms with Crippen LogP contribution in [0.15, 0.2) is 11.6 Å². The summed E-state index contributed by atoms with van der Waals surface area (Å²) in [5, 5.41) is 156. The van der Waals surface area contributed by atoms with Crippen molar-refractivity contribution in [1.82, 2.24) is 0 Å². The van der Waals surface area contributed by atoms with Gasteiger partial charge in [0.15, 0.2) is 55.9 Å². The molecule has 4 saturated carbocycles. The Morgan fingerprint density at radius 1 is 0.526 bits per heavy atom. The first-order valence-electron chi connectivity index (χ1n) is 33.0. The summed E-state index contributed by atoms with van der Waals surface area (Å²) >= 11 is 0. The number of hydrogen-bond donors (Lipinski definition) is 14. The number of carbonyl (C=O) groups is 4. The van der Waals surface area contributed by atoms with Gasteiger partial charge in [0.2, 0.25) is 0 Å². The molecule has 0 aromatic rings. The zero-order chi connectivity index (χ0) is 69.7. The van der Waals surface area contributed by atoms with Crippen LogP contribution in [0.5, 0.6) is 0 Å². The number of rotatable bonds is 17. The molecule has 5 aliphatic heterocycles. The number of carboxylic acids is 1. The highest BCUT2D eigenvalue weighted by atomic mass is 16.8. The van der Waals surface area contributed by atoms with Crippen LogP contribution in [0.1, 0.15) is 121 Å². The molecule has 5 saturated heterocycles. The molecule has 0 bridgehead atoms. The number of hydrogen-bond acceptors (Lipinski definition) is 30. The van der Waals surface area contributed by atoms with E-state index in [1.54, 1.807) is 0 Å². The molecule has 5 aliphatic carbocycles. The van der Waals surface area contributed by atoms with Gasteiger partial charge in [0.1, 0.15) is 85.5 Å². The SMILES string of the molecule is CC(=O)OC1COC(OC2C(O)COC(OC3C(O)C(C)(C)CC4C5=CCC6[C@@]7(C)CCC(OC8OC(C(=O)O)C(O)C(O)C8OC8OC(CO)C(O)C(O)C8OC8OC(CO)C(O)C(O)C8O)[C@](C)(CO)C7CC[C@@]6(C)[C@]5(C)CC[C@]43C)C2O)C(OC(C)=O)C1OC(C)=O. The average molecular weight is 1370 g/mol. The lowest BCUT2D eigenvalue weighted by molar-refractivity contribution is -0.397. The molecule has 9 fully saturated rings. The quantitative estimate of drug-likeness (QED) is 0.0305. The van der Waals surface area contributed by atoms with Crippen molar-refractivity contribution in [2.45, 2.75) is 280 Å². The van der Waals surface area contributed by atoms with E-state index in [-0.39, 0.29) is 36.2 Å². The molecule has 0 spiro atoms. The summed E-state index contributed by atoms with van der Waals surface area (Å²) < 4.78 is 77.5. The van der Waals surface area contributed by atoms with E-state index in [1.807, 2.05) is 20.8 Å². The molecule has 95 heavy (non-hydrogen) atoms. The van der Waals surface area contributed by atoms with Gasteiger partial charge in [-0.25, -0.2) is 4.79 Å². The van der Waals surface area contributed by atoms with Crippen LogP contribution in [0.4, 0.5) is 0 Å². The number of carbonyl (C=O) groups excluding carboxylic acids is 3. The minimum atomic E-state index is -2.18. The summed E-state index contributed by atoms with van der Waals surface area (Å²) in [4.78, 5) is 49.5. The summed E-state index contributed by atoms with van der Waals surface area (Å²) in [6.45, 7) is 15.1. The third kappa shape index (κ3) is 13.1. The fourth-order valence-corrected chi connectivity index (χ4v) is 18.6. The van der Waals surface area contributed by atoms with Gasteiger partial charge in [0, 0.05) is 31.6 Å². The van der Waals surface area contributed by atoms with Crippen LogP contribution < -0.4 is 0 Å². The Kier molecular flexibility index (Phi) is 21.9. The molecule has 14 N–H and O–H groups in total. The average Bonchev–Trinajstić information content (AvgIpc) is 0.674. The number of esters is 3. The standard InChI is InChI=1S/C64H100O31/c1-25(68)85-33-23-84-56(50(87-27(3)70)46(33)86-26(2)69)91-45-30(71)22-83-54(44(45)79)95-52-51(80)59(4,5)19-29-28-11-12-35-61(7)15-14-36(62(8,24-67)34(61)13-16-64(35,10)63(28,9)18-17-60(29,52)6)90-58-49(42(77)41(76)47(92-58)53(81)82)94-57-48(40(75)38(73)32(21-66)89-57)93-55-43(78)39(74)37(72)31(20-65)88-55/h11,29-52,54-58,65-67,71-80H,12-24H2,1-10H3,(H,81,82)/t29?,30?,31?,32?,33?,34?,35?,36?,37?,38?,39?,40?,41?,42?,43?,44?,45?,46?,47?,48?,49?,50?,51?,52?,54?,55?,56?,57?,58?,60-,61+,62-,63-,64-/m1/s1. The van der Waals surface area contributed by atoms with Gasteiger partial charge in [0.05, 0.1) is 51.3 Å². The van der Waals surface area contributed by atoms with Gasteiger partial charge in [-0.3, -0.25) is 14.4 Å². The molecular weight excluding hydrogens is 1260 g/mol. The topological polar surface area (TPSA) is 471 Å². The molecule has 29 unspecified atom stereocenters. The Morgan fingerprint density at radius 2 is 1.09 bits per heavy atom. The number of carboxylic acid groups (broad SMARTS) is 1. The number of fused-ring (bicyclic) bond motifs is 7. The molecule has 0 aromatic carbocycles. The first-order valence-corrected chi connectivity index (χ1v) is 33.0. The summed E-state index contributed by atoms with van der Waals surface area (Å²) in [6.07, 6.45) is -37.0. The van der Waals surface area contributed by atoms with Crippen LogP contribution >= 0.6 is 0 Å². The van der Waals surface area contributed by atoms with Crippen molar-refractivity contribution in [3.8, 4) is 0 Å². The summed E-state index contributed by atoms with van der Waals surface area (Å²) in [5.41, 5.74) is -2.72. The minimum absolute atomic E-state index is 0.00760. The van der Waals surface area contributed by atoms with Gasteiger partial charge in [-0.2, -0.15) is 0 Å². The van der Waals surface area contributed by atoms with Gasteiger partial charge >= 0.3 is 23.9 Å². The predicted molar refractivity (Wildman–Crippen MR) is 315 cm³/mol. The van der Waals surface area contributed by atoms with Crippen molar-refractivity contribution in [2.24, 2.45) is 50.2 Å². The molecular formula is C64H100O31. The van der Waals surface area contributed by atoms with Crippen molar-refractivity contribution in [1.29, 1.82) is 0 Å². The number of aliphatic hydroxyl groups excluding tert-OH is 13. The van der Waals surface area contributed by atoms with Crippen LogP contribution in [0.25, 0.3) is 0 Å². The lowest BCUT2D eigenvalue weighted by Gasteiger charge is -2.72. The van der Waals surface area contributed by atoms with E-state index in [0.29, 0.717) is 44.9 Å². The largest absolute Gasteiger partial charge is 0.479 e. The molecule has 10 rings (SSSR count). The molecule has 31 nitrogen and oxygen atoms in total. The zero-order valence-corrected chi connectivity index (χ0v) is 55.2.